The van der Waals surface area contributed by atoms with Gasteiger partial charge in [0.2, 0.25) is 0 Å². The Hall–Kier alpha value is -1.34. The SMILES string of the molecule is CC(=O)O[C@H](CCC1CC(OCCO)C(O)CC1C1CC[NH2+]C(N)C1)C[C@@H](OC(C)=O)[C@@H]1C[C@@H](CCO)CCC[C@@H](CO)C1. The van der Waals surface area contributed by atoms with E-state index in [0.29, 0.717) is 50.4 Å². The molecule has 256 valence electrons. The first-order valence-electron chi connectivity index (χ1n) is 17.2. The highest BCUT2D eigenvalue weighted by atomic mass is 16.6. The lowest BCUT2D eigenvalue weighted by atomic mass is 9.66. The minimum atomic E-state index is -0.604. The first kappa shape index (κ1) is 37.1. The third-order valence-electron chi connectivity index (χ3n) is 10.5. The maximum Gasteiger partial charge on any atom is 0.302 e. The normalized spacial score (nSPS) is 34.8. The van der Waals surface area contributed by atoms with Gasteiger partial charge in [-0.25, -0.2) is 0 Å². The summed E-state index contributed by atoms with van der Waals surface area (Å²) in [6.45, 7) is 4.04. The number of carbonyl (C=O) groups excluding carboxylic acids is 2. The van der Waals surface area contributed by atoms with Crippen LogP contribution in [0.25, 0.3) is 0 Å². The van der Waals surface area contributed by atoms with E-state index in [1.807, 2.05) is 0 Å². The quantitative estimate of drug-likeness (QED) is 0.144. The lowest BCUT2D eigenvalue weighted by Crippen LogP contribution is -2.94. The van der Waals surface area contributed by atoms with E-state index in [0.717, 1.165) is 51.5 Å². The van der Waals surface area contributed by atoms with E-state index in [-0.39, 0.29) is 74.3 Å². The van der Waals surface area contributed by atoms with Gasteiger partial charge in [-0.3, -0.25) is 15.3 Å². The second-order valence-electron chi connectivity index (χ2n) is 13.8. The van der Waals surface area contributed by atoms with Crippen molar-refractivity contribution in [3.63, 3.8) is 0 Å². The molecule has 0 aromatic heterocycles. The van der Waals surface area contributed by atoms with Crippen LogP contribution in [0.3, 0.4) is 0 Å². The Balaban J connectivity index is 1.79. The van der Waals surface area contributed by atoms with Gasteiger partial charge >= 0.3 is 11.9 Å². The van der Waals surface area contributed by atoms with E-state index >= 15 is 0 Å². The summed E-state index contributed by atoms with van der Waals surface area (Å²) in [5.41, 5.74) is 6.32. The van der Waals surface area contributed by atoms with Crippen LogP contribution in [-0.2, 0) is 23.8 Å². The summed E-state index contributed by atoms with van der Waals surface area (Å²) in [7, 11) is 0. The molecule has 3 aliphatic rings. The summed E-state index contributed by atoms with van der Waals surface area (Å²) < 4.78 is 17.7. The molecule has 2 aliphatic carbocycles. The van der Waals surface area contributed by atoms with E-state index < -0.39 is 18.3 Å². The highest BCUT2D eigenvalue weighted by molar-refractivity contribution is 5.66. The smallest absolute Gasteiger partial charge is 0.302 e. The zero-order valence-electron chi connectivity index (χ0n) is 27.1. The number of hydrogen-bond donors (Lipinski definition) is 6. The summed E-state index contributed by atoms with van der Waals surface area (Å²) >= 11 is 0. The van der Waals surface area contributed by atoms with Crippen molar-refractivity contribution in [3.8, 4) is 0 Å². The number of hydrogen-bond acceptors (Lipinski definition) is 10. The molecule has 44 heavy (non-hydrogen) atoms. The lowest BCUT2D eigenvalue weighted by Gasteiger charge is -2.44. The van der Waals surface area contributed by atoms with Gasteiger partial charge in [0.1, 0.15) is 18.4 Å². The zero-order valence-corrected chi connectivity index (χ0v) is 27.1. The fourth-order valence-corrected chi connectivity index (χ4v) is 8.49. The van der Waals surface area contributed by atoms with Crippen molar-refractivity contribution in [2.75, 3.05) is 33.0 Å². The lowest BCUT2D eigenvalue weighted by molar-refractivity contribution is -0.699. The fourth-order valence-electron chi connectivity index (χ4n) is 8.49. The number of carbonyl (C=O) groups is 2. The van der Waals surface area contributed by atoms with Crippen LogP contribution in [0.2, 0.25) is 0 Å². The Bertz CT molecular complexity index is 848. The van der Waals surface area contributed by atoms with Gasteiger partial charge in [0.25, 0.3) is 0 Å². The average molecular weight is 630 g/mol. The number of quaternary nitrogens is 1. The number of esters is 2. The van der Waals surface area contributed by atoms with Crippen LogP contribution in [0, 0.1) is 35.5 Å². The van der Waals surface area contributed by atoms with Crippen LogP contribution in [-0.4, -0.2) is 95.9 Å². The van der Waals surface area contributed by atoms with Gasteiger partial charge in [0, 0.05) is 39.9 Å². The first-order valence-corrected chi connectivity index (χ1v) is 17.2. The molecular formula is C33H61N2O9+. The highest BCUT2D eigenvalue weighted by Crippen LogP contribution is 2.43. The molecule has 0 bridgehead atoms. The molecule has 0 radical (unpaired) electrons. The van der Waals surface area contributed by atoms with Crippen LogP contribution in [0.4, 0.5) is 0 Å². The Morgan fingerprint density at radius 1 is 0.909 bits per heavy atom. The molecule has 0 aromatic rings. The Labute approximate surface area is 263 Å². The molecule has 0 spiro atoms. The molecule has 8 N–H and O–H groups in total. The standard InChI is InChI=1S/C33H60N2O9/c1-21(39)43-28(18-31(44-22(2)40)27-14-23(9-11-36)4-3-5-24(15-27)20-38)7-6-25-16-32(42-13-12-37)30(41)19-29(25)26-8-10-35-33(34)17-26/h23-33,35-38,41H,3-20,34H2,1-2H3/p+1/t23-,24-,25?,26?,27-,28-,29?,30?,31-,32?,33?/m1/s1. The van der Waals surface area contributed by atoms with Crippen molar-refractivity contribution in [2.45, 2.75) is 128 Å². The third-order valence-corrected chi connectivity index (χ3v) is 10.5. The van der Waals surface area contributed by atoms with Crippen LogP contribution in [0.1, 0.15) is 97.3 Å². The number of piperidine rings is 1. The highest BCUT2D eigenvalue weighted by Gasteiger charge is 2.43. The predicted octanol–water partition coefficient (Wildman–Crippen LogP) is 1.23. The zero-order chi connectivity index (χ0) is 32.1. The van der Waals surface area contributed by atoms with Crippen molar-refractivity contribution in [3.05, 3.63) is 0 Å². The minimum Gasteiger partial charge on any atom is -0.462 e. The van der Waals surface area contributed by atoms with Crippen LogP contribution >= 0.6 is 0 Å². The number of nitrogens with two attached hydrogens (primary N) is 2. The van der Waals surface area contributed by atoms with Crippen molar-refractivity contribution in [1.82, 2.24) is 0 Å². The van der Waals surface area contributed by atoms with Gasteiger partial charge in [-0.05, 0) is 93.3 Å². The van der Waals surface area contributed by atoms with Crippen LogP contribution in [0.5, 0.6) is 0 Å². The molecule has 6 unspecified atom stereocenters. The molecule has 11 heteroatoms. The Morgan fingerprint density at radius 2 is 1.64 bits per heavy atom. The van der Waals surface area contributed by atoms with Gasteiger partial charge in [-0.2, -0.15) is 0 Å². The summed E-state index contributed by atoms with van der Waals surface area (Å²) in [6.07, 6.45) is 8.13. The number of aliphatic hydroxyl groups is 4. The van der Waals surface area contributed by atoms with Crippen LogP contribution < -0.4 is 11.1 Å². The monoisotopic (exact) mass is 629 g/mol. The summed E-state index contributed by atoms with van der Waals surface area (Å²) in [5.74, 6) is 0.516. The van der Waals surface area contributed by atoms with Gasteiger partial charge in [-0.15, -0.1) is 0 Å². The van der Waals surface area contributed by atoms with E-state index in [2.05, 4.69) is 5.32 Å². The first-order chi connectivity index (χ1) is 21.1. The topological polar surface area (TPSA) is 185 Å². The predicted molar refractivity (Wildman–Crippen MR) is 164 cm³/mol. The van der Waals surface area contributed by atoms with E-state index in [4.69, 9.17) is 19.9 Å². The number of aliphatic hydroxyl groups excluding tert-OH is 4. The van der Waals surface area contributed by atoms with Crippen LogP contribution in [0.15, 0.2) is 0 Å². The fraction of sp³-hybridized carbons (Fsp3) is 0.939. The van der Waals surface area contributed by atoms with Crippen molar-refractivity contribution in [2.24, 2.45) is 41.2 Å². The summed E-state index contributed by atoms with van der Waals surface area (Å²) in [6, 6.07) is 0. The molecule has 2 saturated carbocycles. The van der Waals surface area contributed by atoms with Crippen molar-refractivity contribution >= 4 is 11.9 Å². The molecule has 1 saturated heterocycles. The average Bonchev–Trinajstić information content (AvgIpc) is 2.96. The molecule has 11 nitrogen and oxygen atoms in total. The Morgan fingerprint density at radius 3 is 2.30 bits per heavy atom. The minimum absolute atomic E-state index is 0.0141. The summed E-state index contributed by atoms with van der Waals surface area (Å²) in [5, 5.41) is 42.2. The molecule has 1 heterocycles. The number of rotatable bonds is 15. The van der Waals surface area contributed by atoms with Gasteiger partial charge < -0.3 is 40.0 Å². The molecular weight excluding hydrogens is 568 g/mol. The molecule has 3 fully saturated rings. The molecule has 11 atom stereocenters. The summed E-state index contributed by atoms with van der Waals surface area (Å²) in [4.78, 5) is 24.6. The van der Waals surface area contributed by atoms with Gasteiger partial charge in [0.15, 0.2) is 0 Å². The van der Waals surface area contributed by atoms with Gasteiger partial charge in [-0.1, -0.05) is 12.8 Å². The van der Waals surface area contributed by atoms with E-state index in [9.17, 15) is 30.0 Å². The molecule has 0 amide bonds. The van der Waals surface area contributed by atoms with Crippen molar-refractivity contribution in [1.29, 1.82) is 0 Å². The maximum absolute atomic E-state index is 12.3. The second-order valence-corrected chi connectivity index (χ2v) is 13.8. The molecule has 3 rings (SSSR count). The number of ether oxygens (including phenoxy) is 3. The van der Waals surface area contributed by atoms with Crippen molar-refractivity contribution < 1.29 is 49.5 Å². The maximum atomic E-state index is 12.3. The Kier molecular flexibility index (Phi) is 16.3. The van der Waals surface area contributed by atoms with E-state index in [1.54, 1.807) is 0 Å². The van der Waals surface area contributed by atoms with Gasteiger partial charge in [0.05, 0.1) is 32.0 Å². The largest absolute Gasteiger partial charge is 0.462 e. The van der Waals surface area contributed by atoms with E-state index in [1.165, 1.54) is 13.8 Å². The molecule has 0 aromatic carbocycles. The third kappa shape index (κ3) is 12.1. The molecule has 1 aliphatic heterocycles. The second kappa shape index (κ2) is 19.4.